The number of H-pyrrole nitrogens is 1. The van der Waals surface area contributed by atoms with Gasteiger partial charge in [-0.3, -0.25) is 19.7 Å². The molecule has 0 spiro atoms. The maximum atomic E-state index is 13.1. The molecule has 1 aliphatic rings. The summed E-state index contributed by atoms with van der Waals surface area (Å²) in [7, 11) is 0. The van der Waals surface area contributed by atoms with Crippen LogP contribution >= 0.6 is 0 Å². The second kappa shape index (κ2) is 8.07. The van der Waals surface area contributed by atoms with Crippen molar-refractivity contribution in [1.82, 2.24) is 14.9 Å². The topological polar surface area (TPSA) is 122 Å². The number of aromatic amines is 1. The lowest BCUT2D eigenvalue weighted by molar-refractivity contribution is -0.123. The zero-order valence-electron chi connectivity index (χ0n) is 18.1. The first-order valence-corrected chi connectivity index (χ1v) is 10.8. The summed E-state index contributed by atoms with van der Waals surface area (Å²) in [6, 6.07) is 13.2. The Morgan fingerprint density at radius 2 is 1.79 bits per heavy atom. The number of aromatic nitrogens is 2. The fourth-order valence-corrected chi connectivity index (χ4v) is 4.47. The van der Waals surface area contributed by atoms with E-state index >= 15 is 0 Å². The van der Waals surface area contributed by atoms with Crippen molar-refractivity contribution in [2.45, 2.75) is 19.9 Å². The molecule has 8 heteroatoms. The number of fused-ring (bicyclic) bond motifs is 2. The number of aryl methyl sites for hydroxylation is 1. The van der Waals surface area contributed by atoms with Gasteiger partial charge in [0.1, 0.15) is 0 Å². The Kier molecular flexibility index (Phi) is 5.07. The summed E-state index contributed by atoms with van der Waals surface area (Å²) in [6.45, 7) is 2.64. The molecule has 4 aromatic rings. The molecule has 3 heterocycles. The average Bonchev–Trinajstić information content (AvgIpc) is 3.44. The summed E-state index contributed by atoms with van der Waals surface area (Å²) in [5, 5.41) is 6.90. The van der Waals surface area contributed by atoms with Crippen molar-refractivity contribution in [2.24, 2.45) is 5.73 Å². The molecule has 3 amide bonds. The number of para-hydroxylation sites is 1. The largest absolute Gasteiger partial charge is 0.361 e. The van der Waals surface area contributed by atoms with E-state index in [-0.39, 0.29) is 5.91 Å². The zero-order valence-corrected chi connectivity index (χ0v) is 18.1. The number of amides is 3. The summed E-state index contributed by atoms with van der Waals surface area (Å²) in [5.41, 5.74) is 10.1. The molecule has 166 valence electrons. The van der Waals surface area contributed by atoms with E-state index in [1.165, 1.54) is 6.92 Å². The van der Waals surface area contributed by atoms with Gasteiger partial charge in [-0.2, -0.15) is 0 Å². The van der Waals surface area contributed by atoms with E-state index in [1.54, 1.807) is 6.20 Å². The average molecular weight is 441 g/mol. The molecule has 0 fully saturated rings. The second-order valence-electron chi connectivity index (χ2n) is 8.07. The third-order valence-electron chi connectivity index (χ3n) is 5.86. The minimum atomic E-state index is -0.442. The molecule has 2 aromatic carbocycles. The number of hydrogen-bond acceptors (Lipinski definition) is 4. The number of nitrogens with zero attached hydrogens (tertiary/aromatic N) is 1. The van der Waals surface area contributed by atoms with E-state index < -0.39 is 11.8 Å². The third-order valence-corrected chi connectivity index (χ3v) is 5.86. The molecular formula is C25H23N5O3. The smallest absolute Gasteiger partial charge is 0.259 e. The Morgan fingerprint density at radius 1 is 1.03 bits per heavy atom. The Labute approximate surface area is 189 Å². The molecule has 1 aliphatic heterocycles. The summed E-state index contributed by atoms with van der Waals surface area (Å²) in [4.78, 5) is 40.8. The first-order valence-electron chi connectivity index (χ1n) is 10.8. The van der Waals surface area contributed by atoms with Gasteiger partial charge < -0.3 is 20.6 Å². The van der Waals surface area contributed by atoms with Crippen LogP contribution in [0.25, 0.3) is 33.0 Å². The maximum absolute atomic E-state index is 13.1. The quantitative estimate of drug-likeness (QED) is 0.344. The second-order valence-corrected chi connectivity index (χ2v) is 8.07. The van der Waals surface area contributed by atoms with Crippen molar-refractivity contribution in [3.05, 3.63) is 66.0 Å². The minimum Gasteiger partial charge on any atom is -0.361 e. The normalized spacial score (nSPS) is 13.9. The number of benzene rings is 2. The van der Waals surface area contributed by atoms with Gasteiger partial charge in [0.2, 0.25) is 5.91 Å². The molecule has 33 heavy (non-hydrogen) atoms. The molecule has 8 nitrogen and oxygen atoms in total. The number of imide groups is 1. The number of nitrogens with one attached hydrogen (secondary N) is 3. The van der Waals surface area contributed by atoms with E-state index in [2.05, 4.69) is 15.6 Å². The van der Waals surface area contributed by atoms with Gasteiger partial charge in [0, 0.05) is 64.5 Å². The highest BCUT2D eigenvalue weighted by atomic mass is 16.2. The van der Waals surface area contributed by atoms with Gasteiger partial charge >= 0.3 is 0 Å². The summed E-state index contributed by atoms with van der Waals surface area (Å²) in [5.74, 6) is -1.06. The highest BCUT2D eigenvalue weighted by Gasteiger charge is 2.35. The third kappa shape index (κ3) is 3.50. The van der Waals surface area contributed by atoms with Crippen LogP contribution in [-0.4, -0.2) is 33.8 Å². The molecule has 5 N–H and O–H groups in total. The molecule has 5 rings (SSSR count). The maximum Gasteiger partial charge on any atom is 0.259 e. The van der Waals surface area contributed by atoms with E-state index in [9.17, 15) is 14.4 Å². The van der Waals surface area contributed by atoms with E-state index in [0.29, 0.717) is 41.1 Å². The van der Waals surface area contributed by atoms with Crippen LogP contribution in [0.1, 0.15) is 24.5 Å². The molecule has 0 bridgehead atoms. The molecule has 0 saturated heterocycles. The van der Waals surface area contributed by atoms with Crippen LogP contribution < -0.4 is 16.4 Å². The van der Waals surface area contributed by atoms with Gasteiger partial charge in [0.15, 0.2) is 0 Å². The van der Waals surface area contributed by atoms with Crippen molar-refractivity contribution < 1.29 is 14.4 Å². The summed E-state index contributed by atoms with van der Waals surface area (Å²) >= 11 is 0. The van der Waals surface area contributed by atoms with Gasteiger partial charge in [-0.05, 0) is 37.2 Å². The molecular weight excluding hydrogens is 418 g/mol. The molecule has 0 unspecified atom stereocenters. The van der Waals surface area contributed by atoms with Crippen molar-refractivity contribution in [2.75, 3.05) is 11.9 Å². The van der Waals surface area contributed by atoms with Gasteiger partial charge in [0.05, 0.1) is 11.1 Å². The lowest BCUT2D eigenvalue weighted by Crippen LogP contribution is -2.22. The van der Waals surface area contributed by atoms with Crippen LogP contribution in [0.3, 0.4) is 0 Å². The standard InChI is InChI=1S/C25H23N5O3/c1-14(31)28-15-7-8-21-17(11-15)19(13-30(21)10-4-9-26)23-22(24(32)29-25(23)33)18-12-27-20-6-3-2-5-16(18)20/h2-3,5-8,11-13,27H,4,9-10,26H2,1H3,(H,28,31)(H,29,32,33). The van der Waals surface area contributed by atoms with Crippen LogP contribution in [0, 0.1) is 0 Å². The monoisotopic (exact) mass is 441 g/mol. The van der Waals surface area contributed by atoms with Crippen LogP contribution in [0.2, 0.25) is 0 Å². The molecule has 0 saturated carbocycles. The van der Waals surface area contributed by atoms with Crippen LogP contribution in [0.4, 0.5) is 5.69 Å². The Morgan fingerprint density at radius 3 is 2.55 bits per heavy atom. The van der Waals surface area contributed by atoms with Crippen LogP contribution in [0.5, 0.6) is 0 Å². The zero-order chi connectivity index (χ0) is 23.1. The number of hydrogen-bond donors (Lipinski definition) is 4. The van der Waals surface area contributed by atoms with Crippen molar-refractivity contribution >= 4 is 56.4 Å². The van der Waals surface area contributed by atoms with Gasteiger partial charge in [-0.1, -0.05) is 18.2 Å². The fourth-order valence-electron chi connectivity index (χ4n) is 4.47. The number of carbonyl (C=O) groups is 3. The SMILES string of the molecule is CC(=O)Nc1ccc2c(c1)c(C1=C(c3c[nH]c4ccccc34)C(=O)NC1=O)cn2CCCN. The van der Waals surface area contributed by atoms with Crippen molar-refractivity contribution in [3.8, 4) is 0 Å². The van der Waals surface area contributed by atoms with Crippen molar-refractivity contribution in [1.29, 1.82) is 0 Å². The highest BCUT2D eigenvalue weighted by Crippen LogP contribution is 2.39. The lowest BCUT2D eigenvalue weighted by Gasteiger charge is -2.06. The first kappa shape index (κ1) is 20.7. The Hall–Kier alpha value is -4.17. The number of nitrogens with two attached hydrogens (primary N) is 1. The molecule has 0 radical (unpaired) electrons. The van der Waals surface area contributed by atoms with E-state index in [4.69, 9.17) is 5.73 Å². The first-order chi connectivity index (χ1) is 16.0. The molecule has 2 aromatic heterocycles. The predicted octanol–water partition coefficient (Wildman–Crippen LogP) is 3.00. The lowest BCUT2D eigenvalue weighted by atomic mass is 9.95. The fraction of sp³-hybridized carbons (Fsp3) is 0.160. The minimum absolute atomic E-state index is 0.189. The van der Waals surface area contributed by atoms with Gasteiger partial charge in [-0.25, -0.2) is 0 Å². The Balaban J connectivity index is 1.78. The summed E-state index contributed by atoms with van der Waals surface area (Å²) in [6.07, 6.45) is 4.41. The van der Waals surface area contributed by atoms with Gasteiger partial charge in [-0.15, -0.1) is 0 Å². The predicted molar refractivity (Wildman–Crippen MR) is 128 cm³/mol. The van der Waals surface area contributed by atoms with Crippen LogP contribution in [0.15, 0.2) is 54.9 Å². The number of rotatable bonds is 6. The number of carbonyl (C=O) groups excluding carboxylic acids is 3. The molecule has 0 aliphatic carbocycles. The van der Waals surface area contributed by atoms with E-state index in [1.807, 2.05) is 53.2 Å². The molecule has 0 atom stereocenters. The number of anilines is 1. The van der Waals surface area contributed by atoms with Gasteiger partial charge in [0.25, 0.3) is 11.8 Å². The highest BCUT2D eigenvalue weighted by molar-refractivity contribution is 6.50. The van der Waals surface area contributed by atoms with E-state index in [0.717, 1.165) is 28.2 Å². The van der Waals surface area contributed by atoms with Crippen LogP contribution in [-0.2, 0) is 20.9 Å². The Bertz CT molecular complexity index is 1470. The van der Waals surface area contributed by atoms with Crippen molar-refractivity contribution in [3.63, 3.8) is 0 Å². The summed E-state index contributed by atoms with van der Waals surface area (Å²) < 4.78 is 2.03.